The zero-order valence-corrected chi connectivity index (χ0v) is 20.9. The number of ether oxygens (including phenoxy) is 2. The van der Waals surface area contributed by atoms with Gasteiger partial charge < -0.3 is 29.0 Å². The van der Waals surface area contributed by atoms with Crippen LogP contribution in [0.5, 0.6) is 5.75 Å². The molecule has 37 heavy (non-hydrogen) atoms. The van der Waals surface area contributed by atoms with Crippen molar-refractivity contribution in [1.29, 1.82) is 0 Å². The van der Waals surface area contributed by atoms with Crippen LogP contribution in [0.15, 0.2) is 51.7 Å². The monoisotopic (exact) mass is 508 g/mol. The quantitative estimate of drug-likeness (QED) is 0.503. The van der Waals surface area contributed by atoms with E-state index in [4.69, 9.17) is 13.9 Å². The van der Waals surface area contributed by atoms with Gasteiger partial charge in [-0.15, -0.1) is 5.01 Å². The van der Waals surface area contributed by atoms with Gasteiger partial charge >= 0.3 is 0 Å². The number of nitrogens with one attached hydrogen (secondary N) is 1. The number of hydrazine groups is 1. The van der Waals surface area contributed by atoms with E-state index in [0.717, 1.165) is 36.7 Å². The van der Waals surface area contributed by atoms with Gasteiger partial charge in [0, 0.05) is 56.1 Å². The smallest absolute Gasteiger partial charge is 0.292 e. The van der Waals surface area contributed by atoms with Crippen molar-refractivity contribution in [2.75, 3.05) is 76.9 Å². The van der Waals surface area contributed by atoms with Crippen LogP contribution < -0.4 is 20.4 Å². The van der Waals surface area contributed by atoms with E-state index in [1.165, 1.54) is 6.07 Å². The second kappa shape index (κ2) is 10.6. The summed E-state index contributed by atoms with van der Waals surface area (Å²) in [5.41, 5.74) is 1.66. The summed E-state index contributed by atoms with van der Waals surface area (Å²) >= 11 is 0. The van der Waals surface area contributed by atoms with Crippen LogP contribution in [0.2, 0.25) is 0 Å². The minimum atomic E-state index is -0.556. The van der Waals surface area contributed by atoms with Crippen molar-refractivity contribution < 1.29 is 23.6 Å². The Hall–Kier alpha value is -3.96. The van der Waals surface area contributed by atoms with Crippen LogP contribution >= 0.6 is 0 Å². The maximum atomic E-state index is 13.0. The topological polar surface area (TPSA) is 108 Å². The van der Waals surface area contributed by atoms with Gasteiger partial charge in [0.15, 0.2) is 21.6 Å². The Morgan fingerprint density at radius 2 is 1.70 bits per heavy atom. The summed E-state index contributed by atoms with van der Waals surface area (Å²) in [7, 11) is 3.62. The zero-order chi connectivity index (χ0) is 25.9. The molecule has 2 fully saturated rings. The van der Waals surface area contributed by atoms with E-state index < -0.39 is 5.91 Å². The van der Waals surface area contributed by atoms with Crippen LogP contribution in [0.3, 0.4) is 0 Å². The molecule has 0 radical (unpaired) electrons. The van der Waals surface area contributed by atoms with Crippen molar-refractivity contribution in [3.05, 3.63) is 63.4 Å². The van der Waals surface area contributed by atoms with Crippen molar-refractivity contribution >= 4 is 33.9 Å². The van der Waals surface area contributed by atoms with Gasteiger partial charge in [0.2, 0.25) is 0 Å². The third-order valence-electron chi connectivity index (χ3n) is 6.68. The molecule has 0 unspecified atom stereocenters. The number of carbonyl (C=O) groups is 1. The highest BCUT2D eigenvalue weighted by Crippen LogP contribution is 2.32. The van der Waals surface area contributed by atoms with Gasteiger partial charge in [-0.05, 0) is 25.2 Å². The average Bonchev–Trinajstić information content (AvgIpc) is 2.93. The largest absolute Gasteiger partial charge is 0.497 e. The van der Waals surface area contributed by atoms with Gasteiger partial charge in [-0.1, -0.05) is 0 Å². The number of nitroso groups, excluding NO2 is 1. The lowest BCUT2D eigenvalue weighted by Gasteiger charge is -2.34. The molecule has 2 saturated heterocycles. The molecule has 3 heterocycles. The molecule has 0 spiro atoms. The Kier molecular flexibility index (Phi) is 7.06. The Labute approximate surface area is 213 Å². The maximum Gasteiger partial charge on any atom is 0.292 e. The van der Waals surface area contributed by atoms with Crippen molar-refractivity contribution in [3.8, 4) is 5.75 Å². The molecule has 0 bridgehead atoms. The Bertz CT molecular complexity index is 1360. The van der Waals surface area contributed by atoms with E-state index in [2.05, 4.69) is 22.2 Å². The van der Waals surface area contributed by atoms with Gasteiger partial charge in [0.25, 0.3) is 11.6 Å². The molecular weight excluding hydrogens is 478 g/mol. The Balaban J connectivity index is 1.39. The summed E-state index contributed by atoms with van der Waals surface area (Å²) in [6.45, 7) is 5.30. The number of benzene rings is 2. The van der Waals surface area contributed by atoms with Gasteiger partial charge in [0.1, 0.15) is 18.8 Å². The Morgan fingerprint density at radius 1 is 1.00 bits per heavy atom. The van der Waals surface area contributed by atoms with E-state index in [9.17, 15) is 14.5 Å². The number of piperazine rings is 1. The Morgan fingerprint density at radius 3 is 2.38 bits per heavy atom. The molecule has 1 aromatic heterocycles. The predicted molar refractivity (Wildman–Crippen MR) is 139 cm³/mol. The highest BCUT2D eigenvalue weighted by molar-refractivity contribution is 6.03. The fraction of sp³-hybridized carbons (Fsp3) is 0.385. The van der Waals surface area contributed by atoms with Gasteiger partial charge in [-0.2, -0.15) is 0 Å². The van der Waals surface area contributed by atoms with Gasteiger partial charge in [-0.25, -0.2) is 0 Å². The van der Waals surface area contributed by atoms with Crippen LogP contribution in [0.1, 0.15) is 10.6 Å². The summed E-state index contributed by atoms with van der Waals surface area (Å²) in [6.07, 6.45) is 0. The van der Waals surface area contributed by atoms with Gasteiger partial charge in [0.05, 0.1) is 36.3 Å². The number of hydrogen-bond donors (Lipinski definition) is 1. The number of fused-ring (bicyclic) bond motifs is 1. The number of likely N-dealkylation sites (N-methyl/N-ethyl adjacent to an activating group) is 1. The van der Waals surface area contributed by atoms with E-state index in [-0.39, 0.29) is 11.2 Å². The number of methoxy groups -OCH3 is 1. The van der Waals surface area contributed by atoms with Crippen LogP contribution in [-0.2, 0) is 4.74 Å². The number of rotatable bonds is 6. The summed E-state index contributed by atoms with van der Waals surface area (Å²) in [6, 6.07) is 11.2. The number of anilines is 2. The first-order chi connectivity index (χ1) is 17.9. The first-order valence-electron chi connectivity index (χ1n) is 12.2. The molecule has 11 heteroatoms. The minimum absolute atomic E-state index is 0.0964. The second-order valence-corrected chi connectivity index (χ2v) is 9.13. The number of carbonyl (C=O) groups excluding carboxylic acids is 1. The predicted octanol–water partition coefficient (Wildman–Crippen LogP) is 2.46. The fourth-order valence-corrected chi connectivity index (χ4v) is 4.49. The first-order valence-corrected chi connectivity index (χ1v) is 12.2. The third-order valence-corrected chi connectivity index (χ3v) is 6.68. The summed E-state index contributed by atoms with van der Waals surface area (Å²) in [4.78, 5) is 43.8. The molecule has 1 amide bonds. The minimum Gasteiger partial charge on any atom is -0.497 e. The van der Waals surface area contributed by atoms with E-state index in [1.807, 2.05) is 6.07 Å². The molecular formula is C26H30N5O6+. The molecule has 0 saturated carbocycles. The molecule has 2 aliphatic heterocycles. The van der Waals surface area contributed by atoms with Crippen LogP contribution in [0, 0.1) is 4.91 Å². The van der Waals surface area contributed by atoms with Crippen molar-refractivity contribution in [1.82, 2.24) is 9.91 Å². The lowest BCUT2D eigenvalue weighted by molar-refractivity contribution is -0.646. The van der Waals surface area contributed by atoms with Crippen molar-refractivity contribution in [2.45, 2.75) is 0 Å². The number of amides is 1. The SMILES string of the molecule is COc1cc(N2CCN(C)CC2)c2oc(C(=O)Nc3ccc([N+](=O)N4CCOCC4)cc3)cc(=O)c2c1. The number of morpholine rings is 1. The normalized spacial score (nSPS) is 16.6. The lowest BCUT2D eigenvalue weighted by atomic mass is 10.1. The van der Waals surface area contributed by atoms with Crippen molar-refractivity contribution in [2.24, 2.45) is 0 Å². The van der Waals surface area contributed by atoms with E-state index >= 15 is 0 Å². The third kappa shape index (κ3) is 5.27. The molecule has 0 aliphatic carbocycles. The zero-order valence-electron chi connectivity index (χ0n) is 20.9. The van der Waals surface area contributed by atoms with E-state index in [1.54, 1.807) is 42.5 Å². The van der Waals surface area contributed by atoms with E-state index in [0.29, 0.717) is 54.4 Å². The summed E-state index contributed by atoms with van der Waals surface area (Å²) in [5.74, 6) is -0.101. The van der Waals surface area contributed by atoms with Crippen LogP contribution in [0.4, 0.5) is 17.1 Å². The molecule has 194 valence electrons. The van der Waals surface area contributed by atoms with Crippen LogP contribution in [-0.4, -0.2) is 87.3 Å². The average molecular weight is 509 g/mol. The molecule has 0 atom stereocenters. The fourth-order valence-electron chi connectivity index (χ4n) is 4.49. The molecule has 1 N–H and O–H groups in total. The lowest BCUT2D eigenvalue weighted by Crippen LogP contribution is -2.44. The standard InChI is InChI=1S/C26H29N5O6/c1-28-7-9-29(10-8-28)22-16-20(35-2)15-21-23(32)17-24(37-25(21)22)26(33)27-18-3-5-19(6-4-18)31(34)30-11-13-36-14-12-30/h3-6,15-17H,7-14H2,1-2H3/p+1. The number of nitrogens with zero attached hydrogens (tertiary/aromatic N) is 4. The molecule has 2 aromatic carbocycles. The van der Waals surface area contributed by atoms with Crippen molar-refractivity contribution in [3.63, 3.8) is 0 Å². The molecule has 3 aromatic rings. The molecule has 2 aliphatic rings. The highest BCUT2D eigenvalue weighted by atomic mass is 16.5. The molecule has 11 nitrogen and oxygen atoms in total. The van der Waals surface area contributed by atoms with Gasteiger partial charge in [-0.3, -0.25) is 9.59 Å². The highest BCUT2D eigenvalue weighted by Gasteiger charge is 2.26. The number of hydrogen-bond acceptors (Lipinski definition) is 8. The maximum absolute atomic E-state index is 13.0. The first kappa shape index (κ1) is 24.7. The summed E-state index contributed by atoms with van der Waals surface area (Å²) in [5, 5.41) is 4.77. The molecule has 5 rings (SSSR count). The van der Waals surface area contributed by atoms with Crippen LogP contribution in [0.25, 0.3) is 11.0 Å². The second-order valence-electron chi connectivity index (χ2n) is 9.13. The summed E-state index contributed by atoms with van der Waals surface area (Å²) < 4.78 is 16.7.